The summed E-state index contributed by atoms with van der Waals surface area (Å²) in [7, 11) is 1.67. The lowest BCUT2D eigenvalue weighted by atomic mass is 10.2. The summed E-state index contributed by atoms with van der Waals surface area (Å²) in [6.07, 6.45) is 0. The molecule has 0 aromatic heterocycles. The average molecular weight is 247 g/mol. The first-order valence-corrected chi connectivity index (χ1v) is 5.22. The smallest absolute Gasteiger partial charge is 0.255 e. The van der Waals surface area contributed by atoms with Crippen LogP contribution in [-0.4, -0.2) is 30.9 Å². The van der Waals surface area contributed by atoms with Gasteiger partial charge in [-0.1, -0.05) is 23.2 Å². The topological polar surface area (TPSA) is 46.3 Å². The SMILES string of the molecule is CN(CCN)C(=O)c1cc(Cl)ccc1Cl. The Labute approximate surface area is 98.8 Å². The molecule has 0 aliphatic carbocycles. The Morgan fingerprint density at radius 3 is 2.73 bits per heavy atom. The highest BCUT2D eigenvalue weighted by molar-refractivity contribution is 6.35. The van der Waals surface area contributed by atoms with E-state index in [4.69, 9.17) is 28.9 Å². The zero-order valence-corrected chi connectivity index (χ0v) is 9.85. The molecular weight excluding hydrogens is 235 g/mol. The predicted octanol–water partition coefficient (Wildman–Crippen LogP) is 2.02. The van der Waals surface area contributed by atoms with Gasteiger partial charge in [0.1, 0.15) is 0 Å². The molecule has 1 aromatic rings. The third-order valence-corrected chi connectivity index (χ3v) is 2.53. The minimum absolute atomic E-state index is 0.173. The van der Waals surface area contributed by atoms with Crippen LogP contribution < -0.4 is 5.73 Å². The van der Waals surface area contributed by atoms with Crippen molar-refractivity contribution in [2.24, 2.45) is 5.73 Å². The van der Waals surface area contributed by atoms with Crippen LogP contribution in [0.3, 0.4) is 0 Å². The Morgan fingerprint density at radius 2 is 2.13 bits per heavy atom. The fourth-order valence-corrected chi connectivity index (χ4v) is 1.53. The second-order valence-corrected chi connectivity index (χ2v) is 3.98. The van der Waals surface area contributed by atoms with Gasteiger partial charge in [0.25, 0.3) is 5.91 Å². The fraction of sp³-hybridized carbons (Fsp3) is 0.300. The Balaban J connectivity index is 2.95. The molecule has 0 aliphatic heterocycles. The van der Waals surface area contributed by atoms with Gasteiger partial charge >= 0.3 is 0 Å². The molecule has 1 amide bonds. The third kappa shape index (κ3) is 3.09. The van der Waals surface area contributed by atoms with Gasteiger partial charge in [-0.15, -0.1) is 0 Å². The molecular formula is C10H12Cl2N2O. The lowest BCUT2D eigenvalue weighted by Crippen LogP contribution is -2.31. The largest absolute Gasteiger partial charge is 0.340 e. The molecule has 1 rings (SSSR count). The van der Waals surface area contributed by atoms with Gasteiger partial charge in [0.15, 0.2) is 0 Å². The quantitative estimate of drug-likeness (QED) is 0.888. The molecule has 0 aliphatic rings. The minimum Gasteiger partial charge on any atom is -0.340 e. The molecule has 0 unspecified atom stereocenters. The molecule has 0 bridgehead atoms. The second kappa shape index (κ2) is 5.35. The summed E-state index contributed by atoms with van der Waals surface area (Å²) >= 11 is 11.7. The summed E-state index contributed by atoms with van der Waals surface area (Å²) in [4.78, 5) is 13.3. The molecule has 0 saturated carbocycles. The summed E-state index contributed by atoms with van der Waals surface area (Å²) in [5, 5.41) is 0.886. The van der Waals surface area contributed by atoms with E-state index in [1.807, 2.05) is 0 Å². The maximum absolute atomic E-state index is 11.8. The first-order valence-electron chi connectivity index (χ1n) is 4.47. The molecule has 0 heterocycles. The van der Waals surface area contributed by atoms with Crippen molar-refractivity contribution < 1.29 is 4.79 Å². The molecule has 3 nitrogen and oxygen atoms in total. The van der Waals surface area contributed by atoms with Crippen LogP contribution in [0, 0.1) is 0 Å². The number of hydrogen-bond donors (Lipinski definition) is 1. The van der Waals surface area contributed by atoms with E-state index in [0.29, 0.717) is 28.7 Å². The van der Waals surface area contributed by atoms with Gasteiger partial charge in [0, 0.05) is 25.2 Å². The van der Waals surface area contributed by atoms with Crippen molar-refractivity contribution in [3.8, 4) is 0 Å². The maximum Gasteiger partial charge on any atom is 0.255 e. The number of nitrogens with two attached hydrogens (primary N) is 1. The molecule has 0 radical (unpaired) electrons. The number of nitrogens with zero attached hydrogens (tertiary/aromatic N) is 1. The van der Waals surface area contributed by atoms with E-state index in [0.717, 1.165) is 0 Å². The van der Waals surface area contributed by atoms with Gasteiger partial charge in [-0.3, -0.25) is 4.79 Å². The lowest BCUT2D eigenvalue weighted by molar-refractivity contribution is 0.0799. The molecule has 0 spiro atoms. The second-order valence-electron chi connectivity index (χ2n) is 3.14. The van der Waals surface area contributed by atoms with Crippen LogP contribution in [-0.2, 0) is 0 Å². The number of carbonyl (C=O) groups is 1. The molecule has 0 saturated heterocycles. The average Bonchev–Trinajstić information content (AvgIpc) is 2.21. The first kappa shape index (κ1) is 12.3. The fourth-order valence-electron chi connectivity index (χ4n) is 1.16. The van der Waals surface area contributed by atoms with Crippen LogP contribution in [0.1, 0.15) is 10.4 Å². The van der Waals surface area contributed by atoms with E-state index in [2.05, 4.69) is 0 Å². The first-order chi connectivity index (χ1) is 7.06. The van der Waals surface area contributed by atoms with Crippen molar-refractivity contribution in [2.45, 2.75) is 0 Å². The third-order valence-electron chi connectivity index (χ3n) is 1.97. The number of benzene rings is 1. The van der Waals surface area contributed by atoms with Crippen molar-refractivity contribution in [3.05, 3.63) is 33.8 Å². The van der Waals surface area contributed by atoms with E-state index in [1.54, 1.807) is 25.2 Å². The van der Waals surface area contributed by atoms with Crippen LogP contribution in [0.15, 0.2) is 18.2 Å². The zero-order chi connectivity index (χ0) is 11.4. The normalized spacial score (nSPS) is 10.1. The van der Waals surface area contributed by atoms with Crippen molar-refractivity contribution in [3.63, 3.8) is 0 Å². The number of likely N-dealkylation sites (N-methyl/N-ethyl adjacent to an activating group) is 1. The zero-order valence-electron chi connectivity index (χ0n) is 8.34. The number of halogens is 2. The molecule has 1 aromatic carbocycles. The van der Waals surface area contributed by atoms with E-state index in [-0.39, 0.29) is 5.91 Å². The molecule has 0 fully saturated rings. The standard InChI is InChI=1S/C10H12Cl2N2O/c1-14(5-4-13)10(15)8-6-7(11)2-3-9(8)12/h2-3,6H,4-5,13H2,1H3. The van der Waals surface area contributed by atoms with Gasteiger partial charge in [0.05, 0.1) is 10.6 Å². The highest BCUT2D eigenvalue weighted by atomic mass is 35.5. The van der Waals surface area contributed by atoms with Gasteiger partial charge < -0.3 is 10.6 Å². The highest BCUT2D eigenvalue weighted by Gasteiger charge is 2.14. The van der Waals surface area contributed by atoms with Crippen LogP contribution in [0.5, 0.6) is 0 Å². The number of rotatable bonds is 3. The maximum atomic E-state index is 11.8. The number of amides is 1. The molecule has 2 N–H and O–H groups in total. The summed E-state index contributed by atoms with van der Waals surface area (Å²) in [5.41, 5.74) is 5.76. The predicted molar refractivity (Wildman–Crippen MR) is 62.5 cm³/mol. The number of hydrogen-bond acceptors (Lipinski definition) is 2. The van der Waals surface area contributed by atoms with Crippen LogP contribution in [0.4, 0.5) is 0 Å². The molecule has 0 atom stereocenters. The van der Waals surface area contributed by atoms with E-state index in [9.17, 15) is 4.79 Å². The lowest BCUT2D eigenvalue weighted by Gasteiger charge is -2.16. The van der Waals surface area contributed by atoms with Gasteiger partial charge in [0.2, 0.25) is 0 Å². The summed E-state index contributed by atoms with van der Waals surface area (Å²) in [5.74, 6) is -0.173. The van der Waals surface area contributed by atoms with Gasteiger partial charge in [-0.25, -0.2) is 0 Å². The number of carbonyl (C=O) groups excluding carboxylic acids is 1. The monoisotopic (exact) mass is 246 g/mol. The van der Waals surface area contributed by atoms with Gasteiger partial charge in [-0.2, -0.15) is 0 Å². The molecule has 82 valence electrons. The molecule has 15 heavy (non-hydrogen) atoms. The van der Waals surface area contributed by atoms with Crippen LogP contribution in [0.2, 0.25) is 10.0 Å². The van der Waals surface area contributed by atoms with Crippen molar-refractivity contribution >= 4 is 29.1 Å². The van der Waals surface area contributed by atoms with E-state index >= 15 is 0 Å². The van der Waals surface area contributed by atoms with Crippen molar-refractivity contribution in [1.29, 1.82) is 0 Å². The Kier molecular flexibility index (Phi) is 4.39. The highest BCUT2D eigenvalue weighted by Crippen LogP contribution is 2.21. The van der Waals surface area contributed by atoms with Crippen molar-refractivity contribution in [2.75, 3.05) is 20.1 Å². The Hall–Kier alpha value is -0.770. The van der Waals surface area contributed by atoms with Crippen LogP contribution in [0.25, 0.3) is 0 Å². The summed E-state index contributed by atoms with van der Waals surface area (Å²) < 4.78 is 0. The Bertz CT molecular complexity index is 368. The van der Waals surface area contributed by atoms with Crippen LogP contribution >= 0.6 is 23.2 Å². The van der Waals surface area contributed by atoms with Crippen molar-refractivity contribution in [1.82, 2.24) is 4.90 Å². The summed E-state index contributed by atoms with van der Waals surface area (Å²) in [6.45, 7) is 0.905. The Morgan fingerprint density at radius 1 is 1.47 bits per heavy atom. The van der Waals surface area contributed by atoms with E-state index in [1.165, 1.54) is 4.90 Å². The summed E-state index contributed by atoms with van der Waals surface area (Å²) in [6, 6.07) is 4.80. The van der Waals surface area contributed by atoms with Gasteiger partial charge in [-0.05, 0) is 18.2 Å². The van der Waals surface area contributed by atoms with E-state index < -0.39 is 0 Å². The minimum atomic E-state index is -0.173. The molecule has 5 heteroatoms.